The van der Waals surface area contributed by atoms with E-state index < -0.39 is 9.84 Å². The average Bonchev–Trinajstić information content (AvgIpc) is 2.02. The second-order valence-electron chi connectivity index (χ2n) is 4.73. The van der Waals surface area contributed by atoms with Crippen LogP contribution in [0.2, 0.25) is 0 Å². The van der Waals surface area contributed by atoms with Gasteiger partial charge in [0, 0.05) is 0 Å². The van der Waals surface area contributed by atoms with Crippen molar-refractivity contribution >= 4 is 9.84 Å². The predicted octanol–water partition coefficient (Wildman–Crippen LogP) is 1.15. The highest BCUT2D eigenvalue weighted by Crippen LogP contribution is 2.19. The van der Waals surface area contributed by atoms with Crippen LogP contribution in [-0.4, -0.2) is 44.5 Å². The van der Waals surface area contributed by atoms with E-state index in [2.05, 4.69) is 4.90 Å². The topological polar surface area (TPSA) is 37.4 Å². The van der Waals surface area contributed by atoms with E-state index in [-0.39, 0.29) is 11.2 Å². The number of likely N-dealkylation sites (tertiary alicyclic amines) is 1. The molecule has 0 spiro atoms. The average molecular weight is 219 g/mol. The Kier molecular flexibility index (Phi) is 3.95. The minimum atomic E-state index is -2.83. The van der Waals surface area contributed by atoms with E-state index in [1.54, 1.807) is 0 Å². The van der Waals surface area contributed by atoms with Crippen LogP contribution in [0.4, 0.5) is 0 Å². The van der Waals surface area contributed by atoms with Crippen LogP contribution >= 0.6 is 0 Å². The fourth-order valence-electron chi connectivity index (χ4n) is 1.94. The fraction of sp³-hybridized carbons (Fsp3) is 1.00. The Morgan fingerprint density at radius 1 is 1.29 bits per heavy atom. The van der Waals surface area contributed by atoms with Crippen molar-refractivity contribution in [2.24, 2.45) is 5.92 Å². The van der Waals surface area contributed by atoms with Gasteiger partial charge >= 0.3 is 0 Å². The smallest absolute Gasteiger partial charge is 0.153 e. The van der Waals surface area contributed by atoms with Gasteiger partial charge in [-0.3, -0.25) is 0 Å². The molecule has 0 saturated carbocycles. The molecule has 1 fully saturated rings. The molecule has 0 atom stereocenters. The van der Waals surface area contributed by atoms with Crippen LogP contribution < -0.4 is 0 Å². The summed E-state index contributed by atoms with van der Waals surface area (Å²) in [5.41, 5.74) is 0. The molecule has 1 saturated heterocycles. The molecule has 0 bridgehead atoms. The molecule has 1 rings (SSSR count). The van der Waals surface area contributed by atoms with Crippen LogP contribution in [0, 0.1) is 5.92 Å². The number of rotatable bonds is 3. The van der Waals surface area contributed by atoms with E-state index in [1.165, 1.54) is 0 Å². The van der Waals surface area contributed by atoms with E-state index in [9.17, 15) is 8.42 Å². The van der Waals surface area contributed by atoms with Crippen molar-refractivity contribution in [2.45, 2.75) is 31.9 Å². The zero-order valence-corrected chi connectivity index (χ0v) is 10.2. The molecule has 0 aliphatic carbocycles. The summed E-state index contributed by atoms with van der Waals surface area (Å²) in [5, 5.41) is -0.0823. The lowest BCUT2D eigenvalue weighted by molar-refractivity contribution is 0.277. The minimum Gasteiger partial charge on any atom is -0.306 e. The zero-order chi connectivity index (χ0) is 10.8. The van der Waals surface area contributed by atoms with Gasteiger partial charge in [-0.2, -0.15) is 0 Å². The van der Waals surface area contributed by atoms with Crippen molar-refractivity contribution in [3.05, 3.63) is 0 Å². The van der Waals surface area contributed by atoms with Gasteiger partial charge in [0.15, 0.2) is 9.84 Å². The highest BCUT2D eigenvalue weighted by molar-refractivity contribution is 7.92. The maximum Gasteiger partial charge on any atom is 0.153 e. The second kappa shape index (κ2) is 4.62. The Bertz CT molecular complexity index is 264. The first-order valence-electron chi connectivity index (χ1n) is 5.32. The van der Waals surface area contributed by atoms with Gasteiger partial charge in [-0.05, 0) is 38.9 Å². The molecule has 0 aromatic rings. The van der Waals surface area contributed by atoms with Gasteiger partial charge < -0.3 is 4.90 Å². The molecule has 4 heteroatoms. The van der Waals surface area contributed by atoms with Gasteiger partial charge in [0.1, 0.15) is 0 Å². The largest absolute Gasteiger partial charge is 0.306 e. The SMILES string of the molecule is CC(C)CS(=O)(=O)C1CCN(C)CC1. The minimum absolute atomic E-state index is 0.0823. The first-order chi connectivity index (χ1) is 6.42. The van der Waals surface area contributed by atoms with Crippen molar-refractivity contribution in [3.63, 3.8) is 0 Å². The van der Waals surface area contributed by atoms with Gasteiger partial charge in [-0.1, -0.05) is 13.8 Å². The van der Waals surface area contributed by atoms with Crippen molar-refractivity contribution in [2.75, 3.05) is 25.9 Å². The molecule has 14 heavy (non-hydrogen) atoms. The van der Waals surface area contributed by atoms with Crippen molar-refractivity contribution < 1.29 is 8.42 Å². The summed E-state index contributed by atoms with van der Waals surface area (Å²) in [7, 11) is -0.786. The molecule has 0 amide bonds. The lowest BCUT2D eigenvalue weighted by Crippen LogP contribution is -2.38. The Hall–Kier alpha value is -0.0900. The van der Waals surface area contributed by atoms with Crippen LogP contribution in [0.1, 0.15) is 26.7 Å². The summed E-state index contributed by atoms with van der Waals surface area (Å²) in [6.45, 7) is 5.77. The predicted molar refractivity (Wildman–Crippen MR) is 59.1 cm³/mol. The number of hydrogen-bond acceptors (Lipinski definition) is 3. The van der Waals surface area contributed by atoms with E-state index in [0.29, 0.717) is 5.75 Å². The number of nitrogens with zero attached hydrogens (tertiary/aromatic N) is 1. The molecular weight excluding hydrogens is 198 g/mol. The Labute approximate surface area is 87.4 Å². The third-order valence-electron chi connectivity index (χ3n) is 2.74. The normalized spacial score (nSPS) is 21.7. The molecule has 1 aliphatic rings. The zero-order valence-electron chi connectivity index (χ0n) is 9.36. The highest BCUT2D eigenvalue weighted by Gasteiger charge is 2.29. The Morgan fingerprint density at radius 3 is 2.21 bits per heavy atom. The lowest BCUT2D eigenvalue weighted by Gasteiger charge is -2.29. The number of piperidine rings is 1. The van der Waals surface area contributed by atoms with Gasteiger partial charge in [0.05, 0.1) is 11.0 Å². The van der Waals surface area contributed by atoms with Crippen LogP contribution in [0.15, 0.2) is 0 Å². The molecule has 1 aliphatic heterocycles. The van der Waals surface area contributed by atoms with Gasteiger partial charge in [0.2, 0.25) is 0 Å². The highest BCUT2D eigenvalue weighted by atomic mass is 32.2. The first kappa shape index (κ1) is 12.0. The first-order valence-corrected chi connectivity index (χ1v) is 7.03. The maximum atomic E-state index is 11.9. The van der Waals surface area contributed by atoms with Gasteiger partial charge in [0.25, 0.3) is 0 Å². The molecule has 0 N–H and O–H groups in total. The van der Waals surface area contributed by atoms with Crippen LogP contribution in [0.25, 0.3) is 0 Å². The molecular formula is C10H21NO2S. The van der Waals surface area contributed by atoms with Crippen LogP contribution in [0.3, 0.4) is 0 Å². The number of sulfone groups is 1. The molecule has 3 nitrogen and oxygen atoms in total. The quantitative estimate of drug-likeness (QED) is 0.714. The third kappa shape index (κ3) is 3.24. The molecule has 1 heterocycles. The van der Waals surface area contributed by atoms with E-state index >= 15 is 0 Å². The Morgan fingerprint density at radius 2 is 1.79 bits per heavy atom. The molecule has 84 valence electrons. The van der Waals surface area contributed by atoms with Crippen LogP contribution in [-0.2, 0) is 9.84 Å². The maximum absolute atomic E-state index is 11.9. The van der Waals surface area contributed by atoms with Gasteiger partial charge in [-0.25, -0.2) is 8.42 Å². The molecule has 0 unspecified atom stereocenters. The third-order valence-corrected chi connectivity index (χ3v) is 5.36. The molecule has 0 radical (unpaired) electrons. The summed E-state index contributed by atoms with van der Waals surface area (Å²) in [6.07, 6.45) is 1.62. The van der Waals surface area contributed by atoms with Crippen LogP contribution in [0.5, 0.6) is 0 Å². The second-order valence-corrected chi connectivity index (χ2v) is 7.05. The lowest BCUT2D eigenvalue weighted by atomic mass is 10.1. The summed E-state index contributed by atoms with van der Waals surface area (Å²) in [5.74, 6) is 0.598. The van der Waals surface area contributed by atoms with E-state index in [0.717, 1.165) is 25.9 Å². The summed E-state index contributed by atoms with van der Waals surface area (Å²) < 4.78 is 23.8. The molecule has 0 aromatic heterocycles. The Balaban J connectivity index is 2.56. The summed E-state index contributed by atoms with van der Waals surface area (Å²) >= 11 is 0. The van der Waals surface area contributed by atoms with Crippen molar-refractivity contribution in [1.29, 1.82) is 0 Å². The van der Waals surface area contributed by atoms with E-state index in [4.69, 9.17) is 0 Å². The molecule has 0 aromatic carbocycles. The van der Waals surface area contributed by atoms with Crippen molar-refractivity contribution in [3.8, 4) is 0 Å². The van der Waals surface area contributed by atoms with Crippen molar-refractivity contribution in [1.82, 2.24) is 4.90 Å². The standard InChI is InChI=1S/C10H21NO2S/c1-9(2)8-14(12,13)10-4-6-11(3)7-5-10/h9-10H,4-8H2,1-3H3. The number of hydrogen-bond donors (Lipinski definition) is 0. The summed E-state index contributed by atoms with van der Waals surface area (Å²) in [4.78, 5) is 2.20. The summed E-state index contributed by atoms with van der Waals surface area (Å²) in [6, 6.07) is 0. The monoisotopic (exact) mass is 219 g/mol. The van der Waals surface area contributed by atoms with E-state index in [1.807, 2.05) is 20.9 Å². The fourth-order valence-corrected chi connectivity index (χ4v) is 4.08. The van der Waals surface area contributed by atoms with Gasteiger partial charge in [-0.15, -0.1) is 0 Å².